The van der Waals surface area contributed by atoms with E-state index >= 15 is 0 Å². The molecule has 1 aliphatic heterocycles. The van der Waals surface area contributed by atoms with Gasteiger partial charge in [0.1, 0.15) is 6.10 Å². The number of para-hydroxylation sites is 3. The third-order valence-corrected chi connectivity index (χ3v) is 6.59. The Bertz CT molecular complexity index is 1240. The van der Waals surface area contributed by atoms with Gasteiger partial charge in [-0.2, -0.15) is 0 Å². The third-order valence-electron chi connectivity index (χ3n) is 5.55. The smallest absolute Gasteiger partial charge is 0.273 e. The Hall–Kier alpha value is -3.39. The predicted octanol–water partition coefficient (Wildman–Crippen LogP) is 4.45. The van der Waals surface area contributed by atoms with Crippen LogP contribution in [0.15, 0.2) is 61.2 Å². The molecule has 5 rings (SSSR count). The van der Waals surface area contributed by atoms with E-state index in [0.717, 1.165) is 28.7 Å². The van der Waals surface area contributed by atoms with Crippen LogP contribution >= 0.6 is 11.3 Å². The van der Waals surface area contributed by atoms with Crippen molar-refractivity contribution in [2.45, 2.75) is 39.0 Å². The van der Waals surface area contributed by atoms with E-state index < -0.39 is 12.2 Å². The topological polar surface area (TPSA) is 69.5 Å². The van der Waals surface area contributed by atoms with Crippen molar-refractivity contribution in [1.82, 2.24) is 14.5 Å². The number of anilines is 1. The Morgan fingerprint density at radius 1 is 1.16 bits per heavy atom. The number of fused-ring (bicyclic) bond motifs is 2. The fourth-order valence-electron chi connectivity index (χ4n) is 3.86. The predicted molar refractivity (Wildman–Crippen MR) is 125 cm³/mol. The summed E-state index contributed by atoms with van der Waals surface area (Å²) in [6.45, 7) is 5.18. The van der Waals surface area contributed by atoms with Gasteiger partial charge in [-0.3, -0.25) is 9.69 Å². The van der Waals surface area contributed by atoms with Crippen molar-refractivity contribution in [3.05, 3.63) is 66.7 Å². The van der Waals surface area contributed by atoms with Crippen LogP contribution < -0.4 is 14.4 Å². The van der Waals surface area contributed by atoms with Gasteiger partial charge < -0.3 is 14.0 Å². The molecule has 0 saturated carbocycles. The number of benzene rings is 2. The summed E-state index contributed by atoms with van der Waals surface area (Å²) in [4.78, 5) is 24.4. The van der Waals surface area contributed by atoms with Gasteiger partial charge in [0, 0.05) is 25.5 Å². The van der Waals surface area contributed by atoms with Crippen molar-refractivity contribution in [3.8, 4) is 11.5 Å². The lowest BCUT2D eigenvalue weighted by atomic mass is 10.1. The minimum Gasteiger partial charge on any atom is -0.482 e. The van der Waals surface area contributed by atoms with Crippen LogP contribution in [0.25, 0.3) is 10.2 Å². The normalized spacial score (nSPS) is 17.4. The number of hydrogen-bond acceptors (Lipinski definition) is 6. The average molecular weight is 449 g/mol. The van der Waals surface area contributed by atoms with Gasteiger partial charge in [0.2, 0.25) is 6.10 Å². The van der Waals surface area contributed by atoms with Gasteiger partial charge in [-0.1, -0.05) is 35.6 Å². The molecular weight excluding hydrogens is 424 g/mol. The van der Waals surface area contributed by atoms with E-state index in [0.29, 0.717) is 23.2 Å². The molecule has 0 bridgehead atoms. The van der Waals surface area contributed by atoms with Gasteiger partial charge in [0.15, 0.2) is 16.6 Å². The molecule has 164 valence electrons. The lowest BCUT2D eigenvalue weighted by Gasteiger charge is -2.33. The molecule has 0 radical (unpaired) electrons. The molecule has 2 atom stereocenters. The second-order valence-electron chi connectivity index (χ2n) is 7.87. The zero-order valence-electron chi connectivity index (χ0n) is 18.0. The molecule has 1 aliphatic rings. The van der Waals surface area contributed by atoms with E-state index in [1.165, 1.54) is 11.3 Å². The SMILES string of the molecule is Cc1cccc2sc(N(CCCn3ccnc3)C(=O)C3Oc4ccccc4OC3C)nc12. The fraction of sp³-hybridized carbons (Fsp3) is 0.292. The second-order valence-corrected chi connectivity index (χ2v) is 8.88. The number of carbonyl (C=O) groups is 1. The zero-order valence-corrected chi connectivity index (χ0v) is 18.8. The maximum absolute atomic E-state index is 13.7. The Kier molecular flexibility index (Phi) is 5.53. The molecule has 7 nitrogen and oxygen atoms in total. The summed E-state index contributed by atoms with van der Waals surface area (Å²) in [5.74, 6) is 1.10. The maximum Gasteiger partial charge on any atom is 0.273 e. The summed E-state index contributed by atoms with van der Waals surface area (Å²) in [6, 6.07) is 13.5. The van der Waals surface area contributed by atoms with Gasteiger partial charge in [-0.15, -0.1) is 0 Å². The maximum atomic E-state index is 13.7. The number of nitrogens with zero attached hydrogens (tertiary/aromatic N) is 4. The van der Waals surface area contributed by atoms with Crippen LogP contribution in [0.1, 0.15) is 18.9 Å². The van der Waals surface area contributed by atoms with Crippen molar-refractivity contribution >= 4 is 32.6 Å². The number of thiazole rings is 1. The number of aryl methyl sites for hydroxylation is 2. The molecule has 0 N–H and O–H groups in total. The molecule has 8 heteroatoms. The average Bonchev–Trinajstić information content (AvgIpc) is 3.46. The first kappa shape index (κ1) is 20.5. The molecule has 0 spiro atoms. The number of hydrogen-bond donors (Lipinski definition) is 0. The summed E-state index contributed by atoms with van der Waals surface area (Å²) in [7, 11) is 0. The highest BCUT2D eigenvalue weighted by atomic mass is 32.1. The summed E-state index contributed by atoms with van der Waals surface area (Å²) >= 11 is 1.53. The fourth-order valence-corrected chi connectivity index (χ4v) is 4.94. The van der Waals surface area contributed by atoms with Gasteiger partial charge in [0.25, 0.3) is 5.91 Å². The third kappa shape index (κ3) is 3.93. The molecule has 0 fully saturated rings. The molecule has 2 unspecified atom stereocenters. The Morgan fingerprint density at radius 3 is 2.72 bits per heavy atom. The largest absolute Gasteiger partial charge is 0.482 e. The molecule has 2 aromatic carbocycles. The number of ether oxygens (including phenoxy) is 2. The van der Waals surface area contributed by atoms with Crippen LogP contribution in [0.3, 0.4) is 0 Å². The molecule has 0 saturated heterocycles. The summed E-state index contributed by atoms with van der Waals surface area (Å²) in [5, 5.41) is 0.680. The Balaban J connectivity index is 1.44. The van der Waals surface area contributed by atoms with Gasteiger partial charge in [-0.05, 0) is 44.0 Å². The highest BCUT2D eigenvalue weighted by molar-refractivity contribution is 7.22. The lowest BCUT2D eigenvalue weighted by molar-refractivity contribution is -0.130. The first-order valence-corrected chi connectivity index (χ1v) is 11.5. The summed E-state index contributed by atoms with van der Waals surface area (Å²) < 4.78 is 15.2. The number of amides is 1. The van der Waals surface area contributed by atoms with Gasteiger partial charge >= 0.3 is 0 Å². The van der Waals surface area contributed by atoms with Gasteiger partial charge in [0.05, 0.1) is 16.5 Å². The molecule has 32 heavy (non-hydrogen) atoms. The zero-order chi connectivity index (χ0) is 22.1. The molecule has 0 aliphatic carbocycles. The first-order valence-electron chi connectivity index (χ1n) is 10.7. The van der Waals surface area contributed by atoms with E-state index in [-0.39, 0.29) is 5.91 Å². The minimum absolute atomic E-state index is 0.144. The number of carbonyl (C=O) groups excluding carboxylic acids is 1. The summed E-state index contributed by atoms with van der Waals surface area (Å²) in [6.07, 6.45) is 5.06. The van der Waals surface area contributed by atoms with E-state index in [2.05, 4.69) is 4.98 Å². The van der Waals surface area contributed by atoms with Crippen molar-refractivity contribution in [2.75, 3.05) is 11.4 Å². The number of rotatable bonds is 6. The Morgan fingerprint density at radius 2 is 1.97 bits per heavy atom. The van der Waals surface area contributed by atoms with E-state index in [4.69, 9.17) is 14.5 Å². The van der Waals surface area contributed by atoms with Crippen LogP contribution in [0, 0.1) is 6.92 Å². The van der Waals surface area contributed by atoms with E-state index in [1.54, 1.807) is 17.4 Å². The molecular formula is C24H24N4O3S. The van der Waals surface area contributed by atoms with Crippen molar-refractivity contribution in [3.63, 3.8) is 0 Å². The lowest BCUT2D eigenvalue weighted by Crippen LogP contribution is -2.51. The van der Waals surface area contributed by atoms with Crippen LogP contribution in [0.4, 0.5) is 5.13 Å². The van der Waals surface area contributed by atoms with Crippen molar-refractivity contribution < 1.29 is 14.3 Å². The highest BCUT2D eigenvalue weighted by Gasteiger charge is 2.38. The standard InChI is InChI=1S/C24H24N4O3S/c1-16-7-5-10-20-21(16)26-24(32-20)28(13-6-12-27-14-11-25-15-27)23(29)22-17(2)30-18-8-3-4-9-19(18)31-22/h3-5,7-11,14-15,17,22H,6,12-13H2,1-2H3. The number of aromatic nitrogens is 3. The molecule has 3 heterocycles. The minimum atomic E-state index is -0.744. The highest BCUT2D eigenvalue weighted by Crippen LogP contribution is 2.36. The van der Waals surface area contributed by atoms with Crippen molar-refractivity contribution in [2.24, 2.45) is 0 Å². The quantitative estimate of drug-likeness (QED) is 0.436. The van der Waals surface area contributed by atoms with Gasteiger partial charge in [-0.25, -0.2) is 9.97 Å². The van der Waals surface area contributed by atoms with Crippen LogP contribution in [-0.2, 0) is 11.3 Å². The van der Waals surface area contributed by atoms with Crippen LogP contribution in [0.2, 0.25) is 0 Å². The van der Waals surface area contributed by atoms with E-state index in [9.17, 15) is 4.79 Å². The molecule has 2 aromatic heterocycles. The van der Waals surface area contributed by atoms with Crippen LogP contribution in [-0.4, -0.2) is 39.2 Å². The molecule has 4 aromatic rings. The Labute approximate surface area is 190 Å². The van der Waals surface area contributed by atoms with E-state index in [1.807, 2.05) is 67.1 Å². The summed E-state index contributed by atoms with van der Waals surface area (Å²) in [5.41, 5.74) is 2.02. The van der Waals surface area contributed by atoms with Crippen LogP contribution in [0.5, 0.6) is 11.5 Å². The monoisotopic (exact) mass is 448 g/mol. The molecule has 1 amide bonds. The number of imidazole rings is 1. The second kappa shape index (κ2) is 8.63. The first-order chi connectivity index (χ1) is 15.6. The van der Waals surface area contributed by atoms with Crippen molar-refractivity contribution in [1.29, 1.82) is 0 Å².